The van der Waals surface area contributed by atoms with E-state index in [1.807, 2.05) is 41.9 Å². The first kappa shape index (κ1) is 17.2. The number of nitrogens with zero attached hydrogens (tertiary/aromatic N) is 3. The second-order valence-corrected chi connectivity index (χ2v) is 7.02. The molecule has 2 saturated heterocycles. The summed E-state index contributed by atoms with van der Waals surface area (Å²) in [5, 5.41) is 14.9. The van der Waals surface area contributed by atoms with E-state index >= 15 is 0 Å². The minimum atomic E-state index is -0.167. The van der Waals surface area contributed by atoms with Crippen LogP contribution in [0.4, 0.5) is 0 Å². The molecule has 26 heavy (non-hydrogen) atoms. The number of benzene rings is 1. The lowest BCUT2D eigenvalue weighted by Gasteiger charge is -2.23. The van der Waals surface area contributed by atoms with E-state index in [2.05, 4.69) is 20.9 Å². The van der Waals surface area contributed by atoms with Gasteiger partial charge >= 0.3 is 0 Å². The lowest BCUT2D eigenvalue weighted by atomic mass is 10.0. The molecule has 0 saturated carbocycles. The van der Waals surface area contributed by atoms with Gasteiger partial charge in [0.25, 0.3) is 5.91 Å². The summed E-state index contributed by atoms with van der Waals surface area (Å²) in [6.45, 7) is 4.52. The average Bonchev–Trinajstić information content (AvgIpc) is 3.29. The molecule has 7 heteroatoms. The predicted octanol–water partition coefficient (Wildman–Crippen LogP) is 1.77. The smallest absolute Gasteiger partial charge is 0.274 e. The molecule has 0 radical (unpaired) electrons. The maximum Gasteiger partial charge on any atom is 0.274 e. The molecule has 2 aliphatic heterocycles. The Morgan fingerprint density at radius 3 is 2.77 bits per heavy atom. The summed E-state index contributed by atoms with van der Waals surface area (Å²) < 4.78 is 7.77. The molecule has 7 nitrogen and oxygen atoms in total. The van der Waals surface area contributed by atoms with E-state index in [0.717, 1.165) is 43.6 Å². The van der Waals surface area contributed by atoms with Crippen molar-refractivity contribution in [2.24, 2.45) is 0 Å². The predicted molar refractivity (Wildman–Crippen MR) is 96.9 cm³/mol. The number of hydrogen-bond donors (Lipinski definition) is 2. The number of ether oxygens (including phenoxy) is 1. The summed E-state index contributed by atoms with van der Waals surface area (Å²) in [5.74, 6) is -0.167. The lowest BCUT2D eigenvalue weighted by molar-refractivity contribution is 0.0817. The average molecular weight is 355 g/mol. The molecule has 4 rings (SSSR count). The fourth-order valence-electron chi connectivity index (χ4n) is 3.89. The highest BCUT2D eigenvalue weighted by Gasteiger charge is 2.32. The molecule has 138 valence electrons. The Morgan fingerprint density at radius 2 is 2.00 bits per heavy atom. The number of aromatic nitrogens is 3. The van der Waals surface area contributed by atoms with E-state index in [0.29, 0.717) is 18.3 Å². The largest absolute Gasteiger partial charge is 0.371 e. The van der Waals surface area contributed by atoms with E-state index in [1.165, 1.54) is 0 Å². The highest BCUT2D eigenvalue weighted by Crippen LogP contribution is 2.29. The Balaban J connectivity index is 1.47. The first-order valence-electron chi connectivity index (χ1n) is 9.34. The van der Waals surface area contributed by atoms with Crippen LogP contribution in [0.15, 0.2) is 30.3 Å². The van der Waals surface area contributed by atoms with Gasteiger partial charge in [0, 0.05) is 6.61 Å². The molecule has 2 atom stereocenters. The van der Waals surface area contributed by atoms with Crippen LogP contribution in [0.25, 0.3) is 0 Å². The van der Waals surface area contributed by atoms with E-state index < -0.39 is 0 Å². The number of rotatable bonds is 4. The molecule has 2 fully saturated rings. The third kappa shape index (κ3) is 3.37. The van der Waals surface area contributed by atoms with Crippen LogP contribution in [-0.2, 0) is 4.74 Å². The van der Waals surface area contributed by atoms with Crippen molar-refractivity contribution < 1.29 is 9.53 Å². The Labute approximate surface area is 153 Å². The van der Waals surface area contributed by atoms with Gasteiger partial charge in [-0.05, 0) is 44.8 Å². The molecular formula is C19H25N5O2. The SMILES string of the molecule is Cc1c(C(=O)NC2CCOC2c2ccccc2)nnn1C1CCNCC1. The zero-order valence-electron chi connectivity index (χ0n) is 15.0. The fraction of sp³-hybridized carbons (Fsp3) is 0.526. The van der Waals surface area contributed by atoms with Crippen molar-refractivity contribution in [2.45, 2.75) is 44.4 Å². The number of piperidine rings is 1. The summed E-state index contributed by atoms with van der Waals surface area (Å²) in [4.78, 5) is 12.8. The molecule has 1 aromatic carbocycles. The lowest BCUT2D eigenvalue weighted by Crippen LogP contribution is -2.37. The second kappa shape index (κ2) is 7.55. The quantitative estimate of drug-likeness (QED) is 0.874. The van der Waals surface area contributed by atoms with Crippen LogP contribution in [0.3, 0.4) is 0 Å². The normalized spacial score (nSPS) is 23.9. The first-order chi connectivity index (χ1) is 12.7. The van der Waals surface area contributed by atoms with Crippen LogP contribution in [0.5, 0.6) is 0 Å². The van der Waals surface area contributed by atoms with Crippen molar-refractivity contribution in [1.29, 1.82) is 0 Å². The van der Waals surface area contributed by atoms with Crippen LogP contribution in [-0.4, -0.2) is 46.6 Å². The molecule has 2 aliphatic rings. The molecular weight excluding hydrogens is 330 g/mol. The van der Waals surface area contributed by atoms with Gasteiger partial charge in [0.15, 0.2) is 5.69 Å². The van der Waals surface area contributed by atoms with E-state index in [9.17, 15) is 4.79 Å². The molecule has 1 amide bonds. The van der Waals surface area contributed by atoms with Gasteiger partial charge in [-0.2, -0.15) is 0 Å². The highest BCUT2D eigenvalue weighted by molar-refractivity contribution is 5.93. The van der Waals surface area contributed by atoms with Crippen molar-refractivity contribution in [3.63, 3.8) is 0 Å². The highest BCUT2D eigenvalue weighted by atomic mass is 16.5. The third-order valence-electron chi connectivity index (χ3n) is 5.33. The third-order valence-corrected chi connectivity index (χ3v) is 5.33. The van der Waals surface area contributed by atoms with Gasteiger partial charge in [-0.3, -0.25) is 4.79 Å². The van der Waals surface area contributed by atoms with Crippen molar-refractivity contribution in [3.8, 4) is 0 Å². The standard InChI is InChI=1S/C19H25N5O2/c1-13-17(22-23-24(13)15-7-10-20-11-8-15)19(25)21-16-9-12-26-18(16)14-5-3-2-4-6-14/h2-6,15-16,18,20H,7-12H2,1H3,(H,21,25). The molecule has 0 aliphatic carbocycles. The summed E-state index contributed by atoms with van der Waals surface area (Å²) in [6.07, 6.45) is 2.71. The van der Waals surface area contributed by atoms with Crippen LogP contribution in [0, 0.1) is 6.92 Å². The van der Waals surface area contributed by atoms with Crippen LogP contribution < -0.4 is 10.6 Å². The van der Waals surface area contributed by atoms with Crippen LogP contribution in [0.1, 0.15) is 53.2 Å². The number of carbonyl (C=O) groups is 1. The second-order valence-electron chi connectivity index (χ2n) is 7.02. The Morgan fingerprint density at radius 1 is 1.23 bits per heavy atom. The van der Waals surface area contributed by atoms with E-state index in [-0.39, 0.29) is 18.1 Å². The zero-order chi connectivity index (χ0) is 17.9. The van der Waals surface area contributed by atoms with Crippen molar-refractivity contribution in [1.82, 2.24) is 25.6 Å². The Kier molecular flexibility index (Phi) is 4.99. The summed E-state index contributed by atoms with van der Waals surface area (Å²) >= 11 is 0. The van der Waals surface area contributed by atoms with E-state index in [1.54, 1.807) is 0 Å². The summed E-state index contributed by atoms with van der Waals surface area (Å²) in [7, 11) is 0. The van der Waals surface area contributed by atoms with Crippen LogP contribution in [0.2, 0.25) is 0 Å². The van der Waals surface area contributed by atoms with Crippen molar-refractivity contribution >= 4 is 5.91 Å². The Hall–Kier alpha value is -2.25. The zero-order valence-corrected chi connectivity index (χ0v) is 15.0. The van der Waals surface area contributed by atoms with E-state index in [4.69, 9.17) is 4.74 Å². The minimum Gasteiger partial charge on any atom is -0.371 e. The van der Waals surface area contributed by atoms with Crippen molar-refractivity contribution in [2.75, 3.05) is 19.7 Å². The van der Waals surface area contributed by atoms with Gasteiger partial charge in [-0.15, -0.1) is 5.10 Å². The molecule has 2 N–H and O–H groups in total. The topological polar surface area (TPSA) is 81.1 Å². The van der Waals surface area contributed by atoms with Gasteiger partial charge < -0.3 is 15.4 Å². The molecule has 2 unspecified atom stereocenters. The minimum absolute atomic E-state index is 0.0478. The maximum atomic E-state index is 12.8. The molecule has 0 spiro atoms. The number of nitrogens with one attached hydrogen (secondary N) is 2. The maximum absolute atomic E-state index is 12.8. The van der Waals surface area contributed by atoms with Crippen LogP contribution >= 0.6 is 0 Å². The monoisotopic (exact) mass is 355 g/mol. The molecule has 2 aromatic rings. The van der Waals surface area contributed by atoms with Gasteiger partial charge in [-0.1, -0.05) is 35.5 Å². The van der Waals surface area contributed by atoms with Gasteiger partial charge in [-0.25, -0.2) is 4.68 Å². The van der Waals surface area contributed by atoms with Gasteiger partial charge in [0.2, 0.25) is 0 Å². The Bertz CT molecular complexity index is 755. The van der Waals surface area contributed by atoms with Crippen molar-refractivity contribution in [3.05, 3.63) is 47.3 Å². The number of amides is 1. The fourth-order valence-corrected chi connectivity index (χ4v) is 3.89. The number of hydrogen-bond acceptors (Lipinski definition) is 5. The summed E-state index contributed by atoms with van der Waals surface area (Å²) in [5.41, 5.74) is 2.34. The number of carbonyl (C=O) groups excluding carboxylic acids is 1. The molecule has 0 bridgehead atoms. The molecule has 3 heterocycles. The van der Waals surface area contributed by atoms with Gasteiger partial charge in [0.05, 0.1) is 17.8 Å². The molecule has 1 aromatic heterocycles. The first-order valence-corrected chi connectivity index (χ1v) is 9.34. The van der Waals surface area contributed by atoms with Gasteiger partial charge in [0.1, 0.15) is 6.10 Å². The summed E-state index contributed by atoms with van der Waals surface area (Å²) in [6, 6.07) is 10.3.